The molecule has 2 aliphatic rings. The van der Waals surface area contributed by atoms with E-state index in [9.17, 15) is 4.79 Å². The summed E-state index contributed by atoms with van der Waals surface area (Å²) in [7, 11) is 0. The Kier molecular flexibility index (Phi) is 3.37. The van der Waals surface area contributed by atoms with Crippen molar-refractivity contribution in [1.82, 2.24) is 5.32 Å². The van der Waals surface area contributed by atoms with Gasteiger partial charge in [-0.1, -0.05) is 6.92 Å². The van der Waals surface area contributed by atoms with E-state index < -0.39 is 0 Å². The topological polar surface area (TPSA) is 29.1 Å². The monoisotopic (exact) mass is 213 g/mol. The van der Waals surface area contributed by atoms with Crippen molar-refractivity contribution in [1.29, 1.82) is 0 Å². The molecule has 3 heteroatoms. The third-order valence-corrected chi connectivity index (χ3v) is 4.31. The van der Waals surface area contributed by atoms with Crippen LogP contribution >= 0.6 is 11.8 Å². The van der Waals surface area contributed by atoms with Gasteiger partial charge in [-0.2, -0.15) is 11.8 Å². The third-order valence-electron chi connectivity index (χ3n) is 3.08. The number of carbonyl (C=O) groups excluding carboxylic acids is 1. The summed E-state index contributed by atoms with van der Waals surface area (Å²) >= 11 is 2.04. The average molecular weight is 213 g/mol. The highest BCUT2D eigenvalue weighted by Gasteiger charge is 2.33. The van der Waals surface area contributed by atoms with E-state index in [0.717, 1.165) is 18.1 Å². The van der Waals surface area contributed by atoms with E-state index in [1.54, 1.807) is 0 Å². The van der Waals surface area contributed by atoms with Gasteiger partial charge < -0.3 is 5.32 Å². The van der Waals surface area contributed by atoms with Crippen molar-refractivity contribution in [3.8, 4) is 0 Å². The fourth-order valence-corrected chi connectivity index (χ4v) is 3.27. The molecule has 2 saturated carbocycles. The first kappa shape index (κ1) is 10.3. The van der Waals surface area contributed by atoms with Crippen molar-refractivity contribution in [2.24, 2.45) is 5.92 Å². The van der Waals surface area contributed by atoms with Crippen LogP contribution in [0.2, 0.25) is 0 Å². The van der Waals surface area contributed by atoms with Gasteiger partial charge in [-0.05, 0) is 37.9 Å². The molecule has 0 radical (unpaired) electrons. The smallest absolute Gasteiger partial charge is 0.223 e. The summed E-state index contributed by atoms with van der Waals surface area (Å²) in [6.07, 6.45) is 5.90. The Hall–Kier alpha value is -0.180. The van der Waals surface area contributed by atoms with E-state index in [2.05, 4.69) is 12.2 Å². The van der Waals surface area contributed by atoms with Gasteiger partial charge in [0.05, 0.1) is 0 Å². The highest BCUT2D eigenvalue weighted by molar-refractivity contribution is 7.99. The van der Waals surface area contributed by atoms with E-state index in [-0.39, 0.29) is 0 Å². The molecule has 0 aromatic carbocycles. The van der Waals surface area contributed by atoms with Crippen molar-refractivity contribution < 1.29 is 4.79 Å². The molecular formula is C11H19NOS. The first-order chi connectivity index (χ1) is 6.79. The lowest BCUT2D eigenvalue weighted by atomic mass is 10.2. The van der Waals surface area contributed by atoms with E-state index in [1.807, 2.05) is 11.8 Å². The quantitative estimate of drug-likeness (QED) is 0.775. The van der Waals surface area contributed by atoms with Gasteiger partial charge in [0.15, 0.2) is 0 Å². The summed E-state index contributed by atoms with van der Waals surface area (Å²) in [5, 5.41) is 3.97. The maximum Gasteiger partial charge on any atom is 0.223 e. The Morgan fingerprint density at radius 1 is 1.36 bits per heavy atom. The molecular weight excluding hydrogens is 194 g/mol. The van der Waals surface area contributed by atoms with Gasteiger partial charge in [-0.3, -0.25) is 4.79 Å². The van der Waals surface area contributed by atoms with Gasteiger partial charge in [0.2, 0.25) is 5.91 Å². The first-order valence-corrected chi connectivity index (χ1v) is 6.76. The average Bonchev–Trinajstić information content (AvgIpc) is 2.92. The van der Waals surface area contributed by atoms with Crippen LogP contribution in [0.25, 0.3) is 0 Å². The Balaban J connectivity index is 1.69. The number of carbonyl (C=O) groups is 1. The van der Waals surface area contributed by atoms with E-state index in [0.29, 0.717) is 17.9 Å². The molecule has 0 aromatic rings. The van der Waals surface area contributed by atoms with Crippen LogP contribution in [0.5, 0.6) is 0 Å². The normalized spacial score (nSPS) is 31.8. The summed E-state index contributed by atoms with van der Waals surface area (Å²) in [5.41, 5.74) is 0. The predicted octanol–water partition coefficient (Wildman–Crippen LogP) is 2.19. The van der Waals surface area contributed by atoms with Gasteiger partial charge in [0.1, 0.15) is 0 Å². The summed E-state index contributed by atoms with van der Waals surface area (Å²) in [4.78, 5) is 11.5. The second-order valence-corrected chi connectivity index (χ2v) is 5.95. The number of rotatable bonds is 4. The van der Waals surface area contributed by atoms with Crippen molar-refractivity contribution in [3.63, 3.8) is 0 Å². The molecule has 2 fully saturated rings. The SMILES string of the molecule is CCSC1CCC(NC(=O)C2CC2)C1. The molecule has 2 atom stereocenters. The fourth-order valence-electron chi connectivity index (χ4n) is 2.12. The zero-order chi connectivity index (χ0) is 9.97. The molecule has 1 amide bonds. The lowest BCUT2D eigenvalue weighted by Gasteiger charge is -2.12. The van der Waals surface area contributed by atoms with Crippen LogP contribution in [0.15, 0.2) is 0 Å². The molecule has 0 aromatic heterocycles. The van der Waals surface area contributed by atoms with Crippen LogP contribution in [0.1, 0.15) is 39.0 Å². The van der Waals surface area contributed by atoms with Gasteiger partial charge in [0.25, 0.3) is 0 Å². The van der Waals surface area contributed by atoms with Crippen molar-refractivity contribution in [2.45, 2.75) is 50.3 Å². The lowest BCUT2D eigenvalue weighted by Crippen LogP contribution is -2.34. The summed E-state index contributed by atoms with van der Waals surface area (Å²) in [5.74, 6) is 1.89. The minimum Gasteiger partial charge on any atom is -0.353 e. The van der Waals surface area contributed by atoms with Gasteiger partial charge in [-0.25, -0.2) is 0 Å². The first-order valence-electron chi connectivity index (χ1n) is 5.71. The molecule has 0 heterocycles. The second-order valence-electron chi connectivity index (χ2n) is 4.37. The molecule has 0 aliphatic heterocycles. The molecule has 0 spiro atoms. The van der Waals surface area contributed by atoms with Crippen LogP contribution in [-0.4, -0.2) is 23.0 Å². The highest BCUT2D eigenvalue weighted by atomic mass is 32.2. The predicted molar refractivity (Wildman–Crippen MR) is 60.4 cm³/mol. The van der Waals surface area contributed by atoms with Gasteiger partial charge in [0, 0.05) is 17.2 Å². The van der Waals surface area contributed by atoms with Crippen LogP contribution in [0.3, 0.4) is 0 Å². The zero-order valence-electron chi connectivity index (χ0n) is 8.79. The van der Waals surface area contributed by atoms with Crippen LogP contribution < -0.4 is 5.32 Å². The summed E-state index contributed by atoms with van der Waals surface area (Å²) < 4.78 is 0. The molecule has 2 rings (SSSR count). The minimum atomic E-state index is 0.317. The Morgan fingerprint density at radius 2 is 2.14 bits per heavy atom. The Morgan fingerprint density at radius 3 is 2.79 bits per heavy atom. The zero-order valence-corrected chi connectivity index (χ0v) is 9.61. The number of hydrogen-bond donors (Lipinski definition) is 1. The third kappa shape index (κ3) is 2.66. The van der Waals surface area contributed by atoms with Crippen LogP contribution in [-0.2, 0) is 4.79 Å². The largest absolute Gasteiger partial charge is 0.353 e. The molecule has 2 aliphatic carbocycles. The van der Waals surface area contributed by atoms with Crippen LogP contribution in [0, 0.1) is 5.92 Å². The van der Waals surface area contributed by atoms with Gasteiger partial charge >= 0.3 is 0 Å². The van der Waals surface area contributed by atoms with Crippen molar-refractivity contribution >= 4 is 17.7 Å². The fraction of sp³-hybridized carbons (Fsp3) is 0.909. The maximum atomic E-state index is 11.5. The number of nitrogens with one attached hydrogen (secondary N) is 1. The standard InChI is InChI=1S/C11H19NOS/c1-2-14-10-6-5-9(7-10)12-11(13)8-3-4-8/h8-10H,2-7H2,1H3,(H,12,13). The minimum absolute atomic E-state index is 0.317. The summed E-state index contributed by atoms with van der Waals surface area (Å²) in [6.45, 7) is 2.21. The molecule has 0 saturated heterocycles. The highest BCUT2D eigenvalue weighted by Crippen LogP contribution is 2.32. The Labute approximate surface area is 90.2 Å². The number of hydrogen-bond acceptors (Lipinski definition) is 2. The lowest BCUT2D eigenvalue weighted by molar-refractivity contribution is -0.122. The van der Waals surface area contributed by atoms with Crippen LogP contribution in [0.4, 0.5) is 0 Å². The number of amides is 1. The second kappa shape index (κ2) is 4.56. The number of thioether (sulfide) groups is 1. The van der Waals surface area contributed by atoms with E-state index in [4.69, 9.17) is 0 Å². The summed E-state index contributed by atoms with van der Waals surface area (Å²) in [6, 6.07) is 0.479. The molecule has 0 bridgehead atoms. The van der Waals surface area contributed by atoms with Crippen molar-refractivity contribution in [2.75, 3.05) is 5.75 Å². The maximum absolute atomic E-state index is 11.5. The molecule has 1 N–H and O–H groups in total. The molecule has 2 nitrogen and oxygen atoms in total. The Bertz CT molecular complexity index is 215. The van der Waals surface area contributed by atoms with E-state index >= 15 is 0 Å². The molecule has 80 valence electrons. The molecule has 2 unspecified atom stereocenters. The van der Waals surface area contributed by atoms with E-state index in [1.165, 1.54) is 25.0 Å². The molecule has 14 heavy (non-hydrogen) atoms. The van der Waals surface area contributed by atoms with Crippen molar-refractivity contribution in [3.05, 3.63) is 0 Å². The van der Waals surface area contributed by atoms with Gasteiger partial charge in [-0.15, -0.1) is 0 Å².